The molecule has 0 bridgehead atoms. The van der Waals surface area contributed by atoms with Gasteiger partial charge in [0.15, 0.2) is 0 Å². The molecule has 1 aliphatic rings. The first-order valence-electron chi connectivity index (χ1n) is 10.1. The Labute approximate surface area is 180 Å². The number of amides is 2. The van der Waals surface area contributed by atoms with Crippen molar-refractivity contribution >= 4 is 29.2 Å². The van der Waals surface area contributed by atoms with Gasteiger partial charge in [-0.1, -0.05) is 42.5 Å². The Morgan fingerprint density at radius 3 is 2.42 bits per heavy atom. The van der Waals surface area contributed by atoms with Crippen molar-refractivity contribution in [1.29, 1.82) is 0 Å². The van der Waals surface area contributed by atoms with Crippen molar-refractivity contribution in [2.45, 2.75) is 19.4 Å². The quantitative estimate of drug-likeness (QED) is 0.639. The van der Waals surface area contributed by atoms with E-state index in [4.69, 9.17) is 4.74 Å². The van der Waals surface area contributed by atoms with Crippen LogP contribution in [0.4, 0.5) is 11.4 Å². The van der Waals surface area contributed by atoms with E-state index < -0.39 is 12.0 Å². The number of carbonyl (C=O) groups excluding carboxylic acids is 3. The number of rotatable bonds is 5. The smallest absolute Gasteiger partial charge is 0.338 e. The van der Waals surface area contributed by atoms with E-state index in [9.17, 15) is 14.4 Å². The fourth-order valence-electron chi connectivity index (χ4n) is 3.73. The molecule has 2 amide bonds. The number of hydrogen-bond acceptors (Lipinski definition) is 4. The van der Waals surface area contributed by atoms with Crippen LogP contribution in [0, 0.1) is 0 Å². The van der Waals surface area contributed by atoms with Gasteiger partial charge in [0.05, 0.1) is 12.2 Å². The van der Waals surface area contributed by atoms with Crippen LogP contribution >= 0.6 is 0 Å². The first kappa shape index (κ1) is 20.3. The lowest BCUT2D eigenvalue weighted by Gasteiger charge is -2.25. The highest BCUT2D eigenvalue weighted by molar-refractivity contribution is 6.13. The molecular weight excluding hydrogens is 392 g/mol. The number of nitrogens with one attached hydrogen (secondary N) is 1. The topological polar surface area (TPSA) is 75.7 Å². The van der Waals surface area contributed by atoms with Gasteiger partial charge in [-0.05, 0) is 48.9 Å². The Morgan fingerprint density at radius 1 is 0.935 bits per heavy atom. The predicted molar refractivity (Wildman–Crippen MR) is 118 cm³/mol. The van der Waals surface area contributed by atoms with Crippen molar-refractivity contribution in [1.82, 2.24) is 0 Å². The minimum Gasteiger partial charge on any atom is -0.462 e. The highest BCUT2D eigenvalue weighted by atomic mass is 16.5. The molecule has 1 atom stereocenters. The molecule has 1 heterocycles. The second kappa shape index (κ2) is 8.83. The number of carbonyl (C=O) groups is 3. The van der Waals surface area contributed by atoms with Crippen LogP contribution in [0.3, 0.4) is 0 Å². The summed E-state index contributed by atoms with van der Waals surface area (Å²) in [6.45, 7) is 2.01. The maximum absolute atomic E-state index is 13.3. The highest BCUT2D eigenvalue weighted by Gasteiger charge is 2.38. The molecule has 0 aromatic heterocycles. The fraction of sp³-hybridized carbons (Fsp3) is 0.160. The van der Waals surface area contributed by atoms with E-state index in [0.29, 0.717) is 23.2 Å². The molecule has 6 nitrogen and oxygen atoms in total. The van der Waals surface area contributed by atoms with E-state index in [1.807, 2.05) is 30.3 Å². The molecule has 6 heteroatoms. The molecule has 3 aromatic carbocycles. The normalized spacial score (nSPS) is 14.6. The molecule has 156 valence electrons. The van der Waals surface area contributed by atoms with E-state index in [1.165, 1.54) is 0 Å². The van der Waals surface area contributed by atoms with Crippen molar-refractivity contribution in [3.8, 4) is 0 Å². The maximum Gasteiger partial charge on any atom is 0.338 e. The summed E-state index contributed by atoms with van der Waals surface area (Å²) in [4.78, 5) is 40.0. The highest BCUT2D eigenvalue weighted by Crippen LogP contribution is 2.34. The number of ether oxygens (including phenoxy) is 1. The zero-order chi connectivity index (χ0) is 21.8. The lowest BCUT2D eigenvalue weighted by Crippen LogP contribution is -2.45. The molecule has 0 aliphatic carbocycles. The zero-order valence-corrected chi connectivity index (χ0v) is 17.1. The number of benzene rings is 3. The summed E-state index contributed by atoms with van der Waals surface area (Å²) in [6, 6.07) is 22.3. The van der Waals surface area contributed by atoms with Crippen molar-refractivity contribution in [3.05, 3.63) is 95.6 Å². The molecule has 1 unspecified atom stereocenters. The van der Waals surface area contributed by atoms with Crippen molar-refractivity contribution in [3.63, 3.8) is 0 Å². The van der Waals surface area contributed by atoms with Crippen LogP contribution in [0.15, 0.2) is 78.9 Å². The van der Waals surface area contributed by atoms with Crippen molar-refractivity contribution in [2.24, 2.45) is 0 Å². The van der Waals surface area contributed by atoms with E-state index in [-0.39, 0.29) is 18.4 Å². The van der Waals surface area contributed by atoms with Gasteiger partial charge in [-0.2, -0.15) is 0 Å². The summed E-state index contributed by atoms with van der Waals surface area (Å²) in [6.07, 6.45) is 0.415. The van der Waals surface area contributed by atoms with Gasteiger partial charge in [0.2, 0.25) is 5.91 Å². The SMILES string of the molecule is CCOC(=O)c1cccc(NC(=O)C2Cc3ccccc3N2C(=O)c2ccccc2)c1. The minimum atomic E-state index is -0.698. The van der Waals surface area contributed by atoms with E-state index in [0.717, 1.165) is 11.3 Å². The number of nitrogens with zero attached hydrogens (tertiary/aromatic N) is 1. The van der Waals surface area contributed by atoms with Gasteiger partial charge >= 0.3 is 5.97 Å². The van der Waals surface area contributed by atoms with Crippen LogP contribution in [0.2, 0.25) is 0 Å². The number of fused-ring (bicyclic) bond motifs is 1. The van der Waals surface area contributed by atoms with E-state index in [1.54, 1.807) is 60.4 Å². The van der Waals surface area contributed by atoms with Gasteiger partial charge in [0.25, 0.3) is 5.91 Å². The first-order valence-corrected chi connectivity index (χ1v) is 10.1. The van der Waals surface area contributed by atoms with Crippen molar-refractivity contribution < 1.29 is 19.1 Å². The Bertz CT molecular complexity index is 1130. The van der Waals surface area contributed by atoms with Gasteiger partial charge in [-0.25, -0.2) is 4.79 Å². The molecule has 4 rings (SSSR count). The summed E-state index contributed by atoms with van der Waals surface area (Å²) in [7, 11) is 0. The second-order valence-corrected chi connectivity index (χ2v) is 7.18. The Balaban J connectivity index is 1.60. The Morgan fingerprint density at radius 2 is 1.65 bits per heavy atom. The number of para-hydroxylation sites is 1. The largest absolute Gasteiger partial charge is 0.462 e. The summed E-state index contributed by atoms with van der Waals surface area (Å²) in [5.41, 5.74) is 3.01. The molecule has 0 radical (unpaired) electrons. The molecule has 31 heavy (non-hydrogen) atoms. The van der Waals surface area contributed by atoms with Crippen LogP contribution in [-0.2, 0) is 16.0 Å². The van der Waals surface area contributed by atoms with Gasteiger partial charge in [-0.15, -0.1) is 0 Å². The fourth-order valence-corrected chi connectivity index (χ4v) is 3.73. The van der Waals surface area contributed by atoms with E-state index >= 15 is 0 Å². The van der Waals surface area contributed by atoms with Gasteiger partial charge in [-0.3, -0.25) is 14.5 Å². The van der Waals surface area contributed by atoms with Gasteiger partial charge in [0.1, 0.15) is 6.04 Å². The van der Waals surface area contributed by atoms with Crippen LogP contribution in [-0.4, -0.2) is 30.4 Å². The summed E-state index contributed by atoms with van der Waals surface area (Å²) in [5.74, 6) is -1.000. The molecule has 0 saturated heterocycles. The van der Waals surface area contributed by atoms with Crippen LogP contribution in [0.1, 0.15) is 33.2 Å². The van der Waals surface area contributed by atoms with Crippen LogP contribution in [0.25, 0.3) is 0 Å². The average molecular weight is 414 g/mol. The summed E-state index contributed by atoms with van der Waals surface area (Å²) < 4.78 is 5.02. The summed E-state index contributed by atoms with van der Waals surface area (Å²) in [5, 5.41) is 2.85. The lowest BCUT2D eigenvalue weighted by atomic mass is 10.1. The number of esters is 1. The van der Waals surface area contributed by atoms with Crippen LogP contribution < -0.4 is 10.2 Å². The third-order valence-electron chi connectivity index (χ3n) is 5.16. The number of anilines is 2. The molecule has 0 saturated carbocycles. The van der Waals surface area contributed by atoms with Gasteiger partial charge in [0, 0.05) is 23.4 Å². The molecular formula is C25H22N2O4. The Hall–Kier alpha value is -3.93. The molecule has 3 aromatic rings. The molecule has 1 aliphatic heterocycles. The van der Waals surface area contributed by atoms with E-state index in [2.05, 4.69) is 5.32 Å². The molecule has 0 spiro atoms. The third-order valence-corrected chi connectivity index (χ3v) is 5.16. The Kier molecular flexibility index (Phi) is 5.80. The monoisotopic (exact) mass is 414 g/mol. The molecule has 0 fully saturated rings. The van der Waals surface area contributed by atoms with Gasteiger partial charge < -0.3 is 10.1 Å². The minimum absolute atomic E-state index is 0.231. The second-order valence-electron chi connectivity index (χ2n) is 7.18. The average Bonchev–Trinajstić information content (AvgIpc) is 3.19. The first-order chi connectivity index (χ1) is 15.1. The maximum atomic E-state index is 13.3. The standard InChI is InChI=1S/C25H22N2O4/c1-2-31-25(30)19-12-8-13-20(15-19)26-23(28)22-16-18-11-6-7-14-21(18)27(22)24(29)17-9-4-3-5-10-17/h3-15,22H,2,16H2,1H3,(H,26,28). The molecule has 1 N–H and O–H groups in total. The predicted octanol–water partition coefficient (Wildman–Crippen LogP) is 4.07. The summed E-state index contributed by atoms with van der Waals surface area (Å²) >= 11 is 0. The number of hydrogen-bond donors (Lipinski definition) is 1. The third kappa shape index (κ3) is 4.19. The van der Waals surface area contributed by atoms with Crippen molar-refractivity contribution in [2.75, 3.05) is 16.8 Å². The lowest BCUT2D eigenvalue weighted by molar-refractivity contribution is -0.117. The van der Waals surface area contributed by atoms with Crippen LogP contribution in [0.5, 0.6) is 0 Å². The zero-order valence-electron chi connectivity index (χ0n) is 17.1.